The molecule has 0 spiro atoms. The van der Waals surface area contributed by atoms with Crippen LogP contribution >= 0.6 is 11.3 Å². The van der Waals surface area contributed by atoms with Crippen LogP contribution in [0.4, 0.5) is 0 Å². The van der Waals surface area contributed by atoms with Crippen molar-refractivity contribution in [2.45, 2.75) is 38.1 Å². The van der Waals surface area contributed by atoms with E-state index in [0.717, 1.165) is 23.5 Å². The maximum absolute atomic E-state index is 12.5. The van der Waals surface area contributed by atoms with Crippen LogP contribution in [0.1, 0.15) is 54.2 Å². The van der Waals surface area contributed by atoms with E-state index in [1.54, 1.807) is 0 Å². The van der Waals surface area contributed by atoms with Gasteiger partial charge in [-0.1, -0.05) is 73.5 Å². The van der Waals surface area contributed by atoms with Crippen molar-refractivity contribution in [2.75, 3.05) is 20.6 Å². The van der Waals surface area contributed by atoms with Gasteiger partial charge < -0.3 is 10.2 Å². The summed E-state index contributed by atoms with van der Waals surface area (Å²) in [5.74, 6) is 1.33. The minimum Gasteiger partial charge on any atom is -0.351 e. The molecule has 5 heteroatoms. The molecule has 1 saturated carbocycles. The first kappa shape index (κ1) is 22.7. The van der Waals surface area contributed by atoms with Gasteiger partial charge in [-0.3, -0.25) is 4.79 Å². The molecule has 2 aromatic carbocycles. The van der Waals surface area contributed by atoms with E-state index in [0.29, 0.717) is 23.6 Å². The van der Waals surface area contributed by atoms with E-state index in [1.165, 1.54) is 42.6 Å². The Hall–Kier alpha value is -2.50. The van der Waals surface area contributed by atoms with Crippen molar-refractivity contribution in [3.05, 3.63) is 77.3 Å². The lowest BCUT2D eigenvalue weighted by Gasteiger charge is -2.37. The molecule has 3 aromatic rings. The summed E-state index contributed by atoms with van der Waals surface area (Å²) in [5.41, 5.74) is 3.00. The summed E-state index contributed by atoms with van der Waals surface area (Å²) in [6.45, 7) is 0.724. The van der Waals surface area contributed by atoms with Crippen molar-refractivity contribution in [3.63, 3.8) is 0 Å². The van der Waals surface area contributed by atoms with Crippen LogP contribution in [0.3, 0.4) is 0 Å². The van der Waals surface area contributed by atoms with Crippen molar-refractivity contribution in [1.29, 1.82) is 0 Å². The van der Waals surface area contributed by atoms with Gasteiger partial charge in [0, 0.05) is 23.5 Å². The molecule has 4 rings (SSSR count). The number of nitrogens with one attached hydrogen (secondary N) is 1. The molecule has 168 valence electrons. The summed E-state index contributed by atoms with van der Waals surface area (Å²) >= 11 is 1.52. The Labute approximate surface area is 195 Å². The van der Waals surface area contributed by atoms with Crippen molar-refractivity contribution in [1.82, 2.24) is 15.2 Å². The highest BCUT2D eigenvalue weighted by molar-refractivity contribution is 7.13. The highest BCUT2D eigenvalue weighted by atomic mass is 32.1. The number of nitrogens with zero attached hydrogens (tertiary/aromatic N) is 2. The molecule has 1 aromatic heterocycles. The minimum absolute atomic E-state index is 0.0612. The van der Waals surface area contributed by atoms with Crippen LogP contribution in [-0.2, 0) is 0 Å². The SMILES string of the molecule is CN(C)C(c1ccccc1)C1CCC(CCNC(=O)c2csc(-c3ccccc3)n2)CC1. The predicted octanol–water partition coefficient (Wildman–Crippen LogP) is 6.04. The molecule has 1 aliphatic rings. The topological polar surface area (TPSA) is 45.2 Å². The van der Waals surface area contributed by atoms with Gasteiger partial charge in [0.2, 0.25) is 0 Å². The first-order chi connectivity index (χ1) is 15.6. The van der Waals surface area contributed by atoms with E-state index in [9.17, 15) is 4.79 Å². The van der Waals surface area contributed by atoms with Gasteiger partial charge in [-0.25, -0.2) is 4.98 Å². The van der Waals surface area contributed by atoms with E-state index in [-0.39, 0.29) is 5.91 Å². The highest BCUT2D eigenvalue weighted by Crippen LogP contribution is 2.40. The van der Waals surface area contributed by atoms with E-state index >= 15 is 0 Å². The number of hydrogen-bond acceptors (Lipinski definition) is 4. The first-order valence-corrected chi connectivity index (χ1v) is 12.5. The summed E-state index contributed by atoms with van der Waals surface area (Å²) < 4.78 is 0. The molecule has 1 N–H and O–H groups in total. The molecule has 1 amide bonds. The average Bonchev–Trinajstić information content (AvgIpc) is 3.32. The number of hydrogen-bond donors (Lipinski definition) is 1. The molecule has 1 unspecified atom stereocenters. The molecule has 1 heterocycles. The molecule has 0 aliphatic heterocycles. The zero-order valence-corrected chi connectivity index (χ0v) is 19.9. The summed E-state index contributed by atoms with van der Waals surface area (Å²) in [5, 5.41) is 5.83. The van der Waals surface area contributed by atoms with Gasteiger partial charge in [0.1, 0.15) is 10.7 Å². The molecular formula is C27H33N3OS. The summed E-state index contributed by atoms with van der Waals surface area (Å²) in [6.07, 6.45) is 6.04. The monoisotopic (exact) mass is 447 g/mol. The fourth-order valence-corrected chi connectivity index (χ4v) is 5.81. The second-order valence-electron chi connectivity index (χ2n) is 9.05. The van der Waals surface area contributed by atoms with Crippen LogP contribution in [0.25, 0.3) is 10.6 Å². The molecule has 0 saturated heterocycles. The van der Waals surface area contributed by atoms with E-state index < -0.39 is 0 Å². The van der Waals surface area contributed by atoms with Gasteiger partial charge in [-0.15, -0.1) is 11.3 Å². The smallest absolute Gasteiger partial charge is 0.270 e. The summed E-state index contributed by atoms with van der Waals surface area (Å²) in [4.78, 5) is 19.4. The van der Waals surface area contributed by atoms with E-state index in [2.05, 4.69) is 59.6 Å². The Morgan fingerprint density at radius 1 is 1.03 bits per heavy atom. The Kier molecular flexibility index (Phi) is 7.72. The molecule has 1 fully saturated rings. The quantitative estimate of drug-likeness (QED) is 0.458. The van der Waals surface area contributed by atoms with E-state index in [4.69, 9.17) is 0 Å². The average molecular weight is 448 g/mol. The predicted molar refractivity (Wildman–Crippen MR) is 133 cm³/mol. The lowest BCUT2D eigenvalue weighted by atomic mass is 9.75. The number of benzene rings is 2. The van der Waals surface area contributed by atoms with Crippen molar-refractivity contribution < 1.29 is 4.79 Å². The number of carbonyl (C=O) groups is 1. The molecule has 1 aliphatic carbocycles. The zero-order chi connectivity index (χ0) is 22.3. The number of amides is 1. The van der Waals surface area contributed by atoms with Crippen molar-refractivity contribution in [2.24, 2.45) is 11.8 Å². The third kappa shape index (κ3) is 5.64. The standard InChI is InChI=1S/C27H33N3OS/c1-30(2)25(21-9-5-3-6-10-21)22-15-13-20(14-16-22)17-18-28-26(31)24-19-32-27(29-24)23-11-7-4-8-12-23/h3-12,19-20,22,25H,13-18H2,1-2H3,(H,28,31). The zero-order valence-electron chi connectivity index (χ0n) is 19.0. The molecule has 0 bridgehead atoms. The van der Waals surface area contributed by atoms with Crippen LogP contribution in [-0.4, -0.2) is 36.4 Å². The van der Waals surface area contributed by atoms with Crippen LogP contribution in [0.15, 0.2) is 66.0 Å². The van der Waals surface area contributed by atoms with Crippen molar-refractivity contribution >= 4 is 17.2 Å². The lowest BCUT2D eigenvalue weighted by Crippen LogP contribution is -2.31. The maximum Gasteiger partial charge on any atom is 0.270 e. The lowest BCUT2D eigenvalue weighted by molar-refractivity contribution is 0.0943. The van der Waals surface area contributed by atoms with Gasteiger partial charge in [0.15, 0.2) is 0 Å². The van der Waals surface area contributed by atoms with Crippen LogP contribution in [0, 0.1) is 11.8 Å². The molecule has 1 atom stereocenters. The molecule has 4 nitrogen and oxygen atoms in total. The van der Waals surface area contributed by atoms with Gasteiger partial charge in [0.25, 0.3) is 5.91 Å². The number of aromatic nitrogens is 1. The van der Waals surface area contributed by atoms with Gasteiger partial charge in [-0.2, -0.15) is 0 Å². The summed E-state index contributed by atoms with van der Waals surface area (Å²) in [6, 6.07) is 21.4. The number of rotatable bonds is 8. The second-order valence-corrected chi connectivity index (χ2v) is 9.91. The third-order valence-electron chi connectivity index (χ3n) is 6.63. The fraction of sp³-hybridized carbons (Fsp3) is 0.407. The molecular weight excluding hydrogens is 414 g/mol. The van der Waals surface area contributed by atoms with Crippen LogP contribution in [0.2, 0.25) is 0 Å². The summed E-state index contributed by atoms with van der Waals surface area (Å²) in [7, 11) is 4.39. The van der Waals surface area contributed by atoms with Crippen molar-refractivity contribution in [3.8, 4) is 10.6 Å². The number of thiazole rings is 1. The second kappa shape index (κ2) is 10.9. The van der Waals surface area contributed by atoms with Gasteiger partial charge in [0.05, 0.1) is 0 Å². The first-order valence-electron chi connectivity index (χ1n) is 11.6. The van der Waals surface area contributed by atoms with Crippen LogP contribution in [0.5, 0.6) is 0 Å². The van der Waals surface area contributed by atoms with Gasteiger partial charge in [-0.05, 0) is 50.8 Å². The minimum atomic E-state index is -0.0612. The maximum atomic E-state index is 12.5. The highest BCUT2D eigenvalue weighted by Gasteiger charge is 2.29. The Balaban J connectivity index is 1.23. The van der Waals surface area contributed by atoms with Crippen LogP contribution < -0.4 is 5.32 Å². The number of carbonyl (C=O) groups excluding carboxylic acids is 1. The molecule has 0 radical (unpaired) electrons. The largest absolute Gasteiger partial charge is 0.351 e. The fourth-order valence-electron chi connectivity index (χ4n) is 5.01. The Morgan fingerprint density at radius 3 is 2.34 bits per heavy atom. The van der Waals surface area contributed by atoms with Gasteiger partial charge >= 0.3 is 0 Å². The Morgan fingerprint density at radius 2 is 1.69 bits per heavy atom. The van der Waals surface area contributed by atoms with E-state index in [1.807, 2.05) is 35.7 Å². The molecule has 32 heavy (non-hydrogen) atoms. The Bertz CT molecular complexity index is 978. The normalized spacial score (nSPS) is 19.6. The third-order valence-corrected chi connectivity index (χ3v) is 7.52.